The standard InChI is InChI=1S/C16H17N3/c1-11-4-2-7-14-15(11)19-16(18-14)13-6-3-5-12(10-13)8-9-17/h2-7,10H,8-9,17H2,1H3,(H,18,19). The number of hydrogen-bond donors (Lipinski definition) is 2. The molecule has 2 aromatic carbocycles. The van der Waals surface area contributed by atoms with Gasteiger partial charge in [0, 0.05) is 5.56 Å². The maximum atomic E-state index is 5.61. The minimum absolute atomic E-state index is 0.669. The van der Waals surface area contributed by atoms with E-state index >= 15 is 0 Å². The lowest BCUT2D eigenvalue weighted by Gasteiger charge is -2.01. The summed E-state index contributed by atoms with van der Waals surface area (Å²) >= 11 is 0. The van der Waals surface area contributed by atoms with E-state index in [2.05, 4.69) is 48.3 Å². The number of aromatic amines is 1. The van der Waals surface area contributed by atoms with Crippen molar-refractivity contribution >= 4 is 11.0 Å². The van der Waals surface area contributed by atoms with Crippen molar-refractivity contribution in [1.29, 1.82) is 0 Å². The van der Waals surface area contributed by atoms with Crippen molar-refractivity contribution in [2.75, 3.05) is 6.54 Å². The molecule has 0 aliphatic rings. The van der Waals surface area contributed by atoms with E-state index < -0.39 is 0 Å². The number of imidazole rings is 1. The van der Waals surface area contributed by atoms with Crippen molar-refractivity contribution in [3.8, 4) is 11.4 Å². The summed E-state index contributed by atoms with van der Waals surface area (Å²) in [6.45, 7) is 2.75. The molecule has 0 aliphatic heterocycles. The average molecular weight is 251 g/mol. The molecule has 96 valence electrons. The molecule has 3 N–H and O–H groups in total. The van der Waals surface area contributed by atoms with Crippen LogP contribution in [0.25, 0.3) is 22.4 Å². The van der Waals surface area contributed by atoms with E-state index in [1.165, 1.54) is 11.1 Å². The van der Waals surface area contributed by atoms with E-state index in [4.69, 9.17) is 10.7 Å². The number of hydrogen-bond acceptors (Lipinski definition) is 2. The highest BCUT2D eigenvalue weighted by Crippen LogP contribution is 2.23. The SMILES string of the molecule is Cc1cccc2[nH]c(-c3cccc(CCN)c3)nc12. The van der Waals surface area contributed by atoms with Crippen molar-refractivity contribution in [2.24, 2.45) is 5.73 Å². The Morgan fingerprint density at radius 1 is 1.16 bits per heavy atom. The first kappa shape index (κ1) is 11.9. The summed E-state index contributed by atoms with van der Waals surface area (Å²) in [4.78, 5) is 8.08. The zero-order valence-electron chi connectivity index (χ0n) is 11.0. The Morgan fingerprint density at radius 3 is 2.79 bits per heavy atom. The molecule has 3 aromatic rings. The first-order chi connectivity index (χ1) is 9.28. The lowest BCUT2D eigenvalue weighted by atomic mass is 10.1. The maximum absolute atomic E-state index is 5.61. The first-order valence-electron chi connectivity index (χ1n) is 6.52. The topological polar surface area (TPSA) is 54.7 Å². The lowest BCUT2D eigenvalue weighted by molar-refractivity contribution is 0.969. The fourth-order valence-electron chi connectivity index (χ4n) is 2.35. The second-order valence-corrected chi connectivity index (χ2v) is 4.80. The molecule has 1 heterocycles. The smallest absolute Gasteiger partial charge is 0.138 e. The Bertz CT molecular complexity index is 713. The monoisotopic (exact) mass is 251 g/mol. The van der Waals surface area contributed by atoms with Crippen LogP contribution in [0, 0.1) is 6.92 Å². The van der Waals surface area contributed by atoms with E-state index in [1.54, 1.807) is 0 Å². The number of H-pyrrole nitrogens is 1. The number of nitrogens with two attached hydrogens (primary N) is 1. The van der Waals surface area contributed by atoms with Gasteiger partial charge in [0.05, 0.1) is 11.0 Å². The number of rotatable bonds is 3. The second kappa shape index (κ2) is 4.86. The van der Waals surface area contributed by atoms with Gasteiger partial charge in [0.1, 0.15) is 5.82 Å². The molecule has 0 bridgehead atoms. The number of fused-ring (bicyclic) bond motifs is 1. The van der Waals surface area contributed by atoms with Gasteiger partial charge in [0.25, 0.3) is 0 Å². The van der Waals surface area contributed by atoms with Crippen LogP contribution in [0.1, 0.15) is 11.1 Å². The van der Waals surface area contributed by atoms with Gasteiger partial charge in [0.15, 0.2) is 0 Å². The minimum Gasteiger partial charge on any atom is -0.338 e. The second-order valence-electron chi connectivity index (χ2n) is 4.80. The van der Waals surface area contributed by atoms with E-state index in [0.717, 1.165) is 28.8 Å². The van der Waals surface area contributed by atoms with E-state index in [-0.39, 0.29) is 0 Å². The molecule has 1 aromatic heterocycles. The van der Waals surface area contributed by atoms with Crippen LogP contribution in [-0.2, 0) is 6.42 Å². The Labute approximate surface area is 112 Å². The molecule has 3 rings (SSSR count). The van der Waals surface area contributed by atoms with Gasteiger partial charge in [-0.3, -0.25) is 0 Å². The van der Waals surface area contributed by atoms with Crippen molar-refractivity contribution < 1.29 is 0 Å². The van der Waals surface area contributed by atoms with Crippen LogP contribution in [0.4, 0.5) is 0 Å². The number of nitrogens with zero attached hydrogens (tertiary/aromatic N) is 1. The summed E-state index contributed by atoms with van der Waals surface area (Å²) in [6, 6.07) is 14.6. The van der Waals surface area contributed by atoms with Crippen molar-refractivity contribution in [3.05, 3.63) is 53.6 Å². The third-order valence-corrected chi connectivity index (χ3v) is 3.35. The van der Waals surface area contributed by atoms with Crippen molar-refractivity contribution in [1.82, 2.24) is 9.97 Å². The van der Waals surface area contributed by atoms with Crippen LogP contribution in [-0.4, -0.2) is 16.5 Å². The van der Waals surface area contributed by atoms with Crippen LogP contribution < -0.4 is 5.73 Å². The quantitative estimate of drug-likeness (QED) is 0.751. The van der Waals surface area contributed by atoms with Crippen molar-refractivity contribution in [2.45, 2.75) is 13.3 Å². The van der Waals surface area contributed by atoms with Crippen LogP contribution in [0.15, 0.2) is 42.5 Å². The molecule has 0 unspecified atom stereocenters. The van der Waals surface area contributed by atoms with Gasteiger partial charge >= 0.3 is 0 Å². The Kier molecular flexibility index (Phi) is 3.05. The number of nitrogens with one attached hydrogen (secondary N) is 1. The molecule has 0 amide bonds. The fraction of sp³-hybridized carbons (Fsp3) is 0.188. The average Bonchev–Trinajstić information content (AvgIpc) is 2.85. The molecule has 3 heteroatoms. The van der Waals surface area contributed by atoms with Gasteiger partial charge in [0.2, 0.25) is 0 Å². The summed E-state index contributed by atoms with van der Waals surface area (Å²) < 4.78 is 0. The predicted molar refractivity (Wildman–Crippen MR) is 79.0 cm³/mol. The van der Waals surface area contributed by atoms with Gasteiger partial charge in [-0.25, -0.2) is 4.98 Å². The highest BCUT2D eigenvalue weighted by Gasteiger charge is 2.07. The van der Waals surface area contributed by atoms with E-state index in [1.807, 2.05) is 6.07 Å². The molecule has 0 saturated heterocycles. The molecule has 0 spiro atoms. The molecule has 0 radical (unpaired) electrons. The summed E-state index contributed by atoms with van der Waals surface area (Å²) in [5, 5.41) is 0. The van der Waals surface area contributed by atoms with Crippen LogP contribution >= 0.6 is 0 Å². The number of para-hydroxylation sites is 1. The van der Waals surface area contributed by atoms with Crippen LogP contribution in [0.3, 0.4) is 0 Å². The summed E-state index contributed by atoms with van der Waals surface area (Å²) in [6.07, 6.45) is 0.896. The van der Waals surface area contributed by atoms with E-state index in [9.17, 15) is 0 Å². The molecule has 3 nitrogen and oxygen atoms in total. The first-order valence-corrected chi connectivity index (χ1v) is 6.52. The van der Waals surface area contributed by atoms with Gasteiger partial charge in [-0.05, 0) is 43.1 Å². The van der Waals surface area contributed by atoms with Gasteiger partial charge in [-0.1, -0.05) is 30.3 Å². The zero-order chi connectivity index (χ0) is 13.2. The molecule has 19 heavy (non-hydrogen) atoms. The number of benzene rings is 2. The highest BCUT2D eigenvalue weighted by molar-refractivity contribution is 5.82. The van der Waals surface area contributed by atoms with Gasteiger partial charge < -0.3 is 10.7 Å². The minimum atomic E-state index is 0.669. The summed E-state index contributed by atoms with van der Waals surface area (Å²) in [5.41, 5.74) is 11.3. The third-order valence-electron chi connectivity index (χ3n) is 3.35. The maximum Gasteiger partial charge on any atom is 0.138 e. The Balaban J connectivity index is 2.08. The van der Waals surface area contributed by atoms with Gasteiger partial charge in [-0.15, -0.1) is 0 Å². The summed E-state index contributed by atoms with van der Waals surface area (Å²) in [5.74, 6) is 0.920. The molecule has 0 saturated carbocycles. The van der Waals surface area contributed by atoms with E-state index in [0.29, 0.717) is 6.54 Å². The molecular formula is C16H17N3. The molecule has 0 atom stereocenters. The normalized spacial score (nSPS) is 11.1. The highest BCUT2D eigenvalue weighted by atomic mass is 14.9. The van der Waals surface area contributed by atoms with Crippen LogP contribution in [0.5, 0.6) is 0 Å². The molecule has 0 fully saturated rings. The van der Waals surface area contributed by atoms with Crippen molar-refractivity contribution in [3.63, 3.8) is 0 Å². The number of aromatic nitrogens is 2. The number of aryl methyl sites for hydroxylation is 1. The van der Waals surface area contributed by atoms with Gasteiger partial charge in [-0.2, -0.15) is 0 Å². The summed E-state index contributed by atoms with van der Waals surface area (Å²) in [7, 11) is 0. The molecule has 0 aliphatic carbocycles. The predicted octanol–water partition coefficient (Wildman–Crippen LogP) is 3.04. The third kappa shape index (κ3) is 2.25. The fourth-order valence-corrected chi connectivity index (χ4v) is 2.35. The Hall–Kier alpha value is -2.13. The lowest BCUT2D eigenvalue weighted by Crippen LogP contribution is -2.02. The molecular weight excluding hydrogens is 234 g/mol. The Morgan fingerprint density at radius 2 is 2.00 bits per heavy atom. The van der Waals surface area contributed by atoms with Crippen LogP contribution in [0.2, 0.25) is 0 Å². The zero-order valence-corrected chi connectivity index (χ0v) is 11.0. The largest absolute Gasteiger partial charge is 0.338 e.